The van der Waals surface area contributed by atoms with Gasteiger partial charge in [-0.05, 0) is 61.2 Å². The van der Waals surface area contributed by atoms with Crippen molar-refractivity contribution in [1.82, 2.24) is 14.3 Å². The van der Waals surface area contributed by atoms with Gasteiger partial charge >= 0.3 is 0 Å². The highest BCUT2D eigenvalue weighted by Gasteiger charge is 2.21. The Morgan fingerprint density at radius 3 is 2.32 bits per heavy atom. The Kier molecular flexibility index (Phi) is 6.49. The molecule has 1 amide bonds. The summed E-state index contributed by atoms with van der Waals surface area (Å²) in [5.41, 5.74) is 6.73. The minimum absolute atomic E-state index is 0.132. The summed E-state index contributed by atoms with van der Waals surface area (Å²) in [4.78, 5) is 26.4. The maximum Gasteiger partial charge on any atom is 0.252 e. The minimum Gasteiger partial charge on any atom is -0.325 e. The molecule has 5 rings (SSSR count). The number of hydrogen-bond acceptors (Lipinski definition) is 3. The Morgan fingerprint density at radius 2 is 1.65 bits per heavy atom. The van der Waals surface area contributed by atoms with Gasteiger partial charge in [-0.1, -0.05) is 67.9 Å². The number of carbonyl (C=O) groups is 1. The lowest BCUT2D eigenvalue weighted by molar-refractivity contribution is -0.116. The maximum atomic E-state index is 13.3. The van der Waals surface area contributed by atoms with Crippen LogP contribution >= 0.6 is 0 Å². The first kappa shape index (κ1) is 24.3. The molecule has 37 heavy (non-hydrogen) atoms. The van der Waals surface area contributed by atoms with Gasteiger partial charge in [0.15, 0.2) is 0 Å². The number of nitrogens with one attached hydrogen (secondary N) is 1. The number of rotatable bonds is 6. The first-order chi connectivity index (χ1) is 17.8. The molecule has 186 valence electrons. The van der Waals surface area contributed by atoms with Crippen LogP contribution in [-0.2, 0) is 11.3 Å². The number of para-hydroxylation sites is 1. The summed E-state index contributed by atoms with van der Waals surface area (Å²) in [6, 6.07) is 27.2. The van der Waals surface area contributed by atoms with Crippen molar-refractivity contribution in [2.24, 2.45) is 0 Å². The lowest BCUT2D eigenvalue weighted by Crippen LogP contribution is -2.29. The van der Waals surface area contributed by atoms with Gasteiger partial charge in [0.25, 0.3) is 5.56 Å². The molecule has 6 nitrogen and oxygen atoms in total. The highest BCUT2D eigenvalue weighted by molar-refractivity contribution is 5.96. The maximum absolute atomic E-state index is 13.3. The summed E-state index contributed by atoms with van der Waals surface area (Å²) in [5.74, 6) is 0.132. The second-order valence-electron chi connectivity index (χ2n) is 9.74. The molecule has 0 saturated carbocycles. The normalized spacial score (nSPS) is 11.3. The van der Waals surface area contributed by atoms with Gasteiger partial charge in [-0.25, -0.2) is 4.68 Å². The fourth-order valence-electron chi connectivity index (χ4n) is 4.65. The first-order valence-corrected chi connectivity index (χ1v) is 12.5. The Labute approximate surface area is 216 Å². The van der Waals surface area contributed by atoms with Gasteiger partial charge in [-0.2, -0.15) is 5.10 Å². The molecule has 6 heteroatoms. The van der Waals surface area contributed by atoms with Gasteiger partial charge in [0, 0.05) is 22.7 Å². The van der Waals surface area contributed by atoms with Gasteiger partial charge in [-0.15, -0.1) is 0 Å². The van der Waals surface area contributed by atoms with Gasteiger partial charge < -0.3 is 5.32 Å². The fraction of sp³-hybridized carbons (Fsp3) is 0.194. The monoisotopic (exact) mass is 490 g/mol. The van der Waals surface area contributed by atoms with Crippen molar-refractivity contribution in [1.29, 1.82) is 0 Å². The highest BCUT2D eigenvalue weighted by atomic mass is 16.2. The zero-order chi connectivity index (χ0) is 26.1. The summed E-state index contributed by atoms with van der Waals surface area (Å²) in [7, 11) is 0. The van der Waals surface area contributed by atoms with E-state index in [2.05, 4.69) is 25.2 Å². The van der Waals surface area contributed by atoms with E-state index < -0.39 is 0 Å². The summed E-state index contributed by atoms with van der Waals surface area (Å²) in [5, 5.41) is 8.77. The van der Waals surface area contributed by atoms with E-state index in [0.29, 0.717) is 17.3 Å². The Bertz CT molecular complexity index is 1650. The number of amides is 1. The highest BCUT2D eigenvalue weighted by Crippen LogP contribution is 2.32. The van der Waals surface area contributed by atoms with Crippen molar-refractivity contribution in [3.05, 3.63) is 112 Å². The van der Waals surface area contributed by atoms with Crippen molar-refractivity contribution < 1.29 is 4.79 Å². The molecule has 3 aromatic carbocycles. The molecule has 5 aromatic rings. The van der Waals surface area contributed by atoms with Crippen LogP contribution in [0.5, 0.6) is 0 Å². The number of aryl methyl sites for hydroxylation is 2. The van der Waals surface area contributed by atoms with Gasteiger partial charge in [0.2, 0.25) is 5.91 Å². The third kappa shape index (κ3) is 4.83. The van der Waals surface area contributed by atoms with Crippen molar-refractivity contribution >= 4 is 22.6 Å². The van der Waals surface area contributed by atoms with E-state index in [-0.39, 0.29) is 18.0 Å². The molecular weight excluding hydrogens is 460 g/mol. The molecule has 0 bridgehead atoms. The number of anilines is 1. The SMILES string of the molecule is Cc1cccc(-c2nn(-c3ccccc3)c3c2c(C)cc(=O)n3CC(=O)Nc2ccc(C(C)C)cc2)c1. The Hall–Kier alpha value is -4.45. The summed E-state index contributed by atoms with van der Waals surface area (Å²) < 4.78 is 3.28. The third-order valence-electron chi connectivity index (χ3n) is 6.57. The average molecular weight is 491 g/mol. The van der Waals surface area contributed by atoms with Crippen LogP contribution in [0.15, 0.2) is 89.7 Å². The van der Waals surface area contributed by atoms with Gasteiger partial charge in [-0.3, -0.25) is 14.2 Å². The van der Waals surface area contributed by atoms with Crippen LogP contribution in [0.2, 0.25) is 0 Å². The molecule has 0 saturated heterocycles. The van der Waals surface area contributed by atoms with E-state index in [0.717, 1.165) is 33.5 Å². The third-order valence-corrected chi connectivity index (χ3v) is 6.57. The number of hydrogen-bond donors (Lipinski definition) is 1. The number of carbonyl (C=O) groups excluding carboxylic acids is 1. The van der Waals surface area contributed by atoms with E-state index in [9.17, 15) is 9.59 Å². The molecule has 0 radical (unpaired) electrons. The van der Waals surface area contributed by atoms with Crippen LogP contribution < -0.4 is 10.9 Å². The van der Waals surface area contributed by atoms with E-state index in [1.54, 1.807) is 10.7 Å². The van der Waals surface area contributed by atoms with Crippen molar-refractivity contribution in [2.75, 3.05) is 5.32 Å². The van der Waals surface area contributed by atoms with Gasteiger partial charge in [0.05, 0.1) is 5.69 Å². The molecule has 0 aliphatic rings. The van der Waals surface area contributed by atoms with Crippen LogP contribution in [0.4, 0.5) is 5.69 Å². The lowest BCUT2D eigenvalue weighted by Gasteiger charge is -2.13. The topological polar surface area (TPSA) is 68.9 Å². The molecule has 2 heterocycles. The first-order valence-electron chi connectivity index (χ1n) is 12.5. The predicted molar refractivity (Wildman–Crippen MR) is 149 cm³/mol. The molecule has 0 fully saturated rings. The number of nitrogens with zero attached hydrogens (tertiary/aromatic N) is 3. The number of aromatic nitrogens is 3. The molecule has 2 aromatic heterocycles. The second kappa shape index (κ2) is 9.90. The Morgan fingerprint density at radius 1 is 0.919 bits per heavy atom. The minimum atomic E-state index is -0.275. The molecule has 0 aliphatic heterocycles. The standard InChI is InChI=1S/C31H30N4O2/c1-20(2)23-13-15-25(16-14-23)32-27(36)19-34-28(37)18-22(4)29-30(24-10-8-9-21(3)17-24)33-35(31(29)34)26-11-6-5-7-12-26/h5-18,20H,19H2,1-4H3,(H,32,36). The molecule has 0 spiro atoms. The summed E-state index contributed by atoms with van der Waals surface area (Å²) >= 11 is 0. The fourth-order valence-corrected chi connectivity index (χ4v) is 4.65. The summed E-state index contributed by atoms with van der Waals surface area (Å²) in [6.45, 7) is 8.09. The smallest absolute Gasteiger partial charge is 0.252 e. The van der Waals surface area contributed by atoms with E-state index >= 15 is 0 Å². The molecule has 0 aliphatic carbocycles. The van der Waals surface area contributed by atoms with Crippen molar-refractivity contribution in [2.45, 2.75) is 40.2 Å². The predicted octanol–water partition coefficient (Wildman–Crippen LogP) is 6.23. The molecule has 1 N–H and O–H groups in total. The second-order valence-corrected chi connectivity index (χ2v) is 9.74. The number of fused-ring (bicyclic) bond motifs is 1. The van der Waals surface area contributed by atoms with Crippen LogP contribution in [-0.4, -0.2) is 20.3 Å². The lowest BCUT2D eigenvalue weighted by atomic mass is 10.0. The van der Waals surface area contributed by atoms with Gasteiger partial charge in [0.1, 0.15) is 17.9 Å². The van der Waals surface area contributed by atoms with E-state index in [1.807, 2.05) is 86.6 Å². The van der Waals surface area contributed by atoms with Crippen LogP contribution in [0.3, 0.4) is 0 Å². The molecule has 0 unspecified atom stereocenters. The largest absolute Gasteiger partial charge is 0.325 e. The average Bonchev–Trinajstić information content (AvgIpc) is 3.29. The van der Waals surface area contributed by atoms with Crippen LogP contribution in [0.1, 0.15) is 36.5 Å². The quantitative estimate of drug-likeness (QED) is 0.307. The summed E-state index contributed by atoms with van der Waals surface area (Å²) in [6.07, 6.45) is 0. The molecular formula is C31H30N4O2. The van der Waals surface area contributed by atoms with Crippen molar-refractivity contribution in [3.8, 4) is 16.9 Å². The zero-order valence-electron chi connectivity index (χ0n) is 21.5. The van der Waals surface area contributed by atoms with Crippen molar-refractivity contribution in [3.63, 3.8) is 0 Å². The van der Waals surface area contributed by atoms with Crippen LogP contribution in [0.25, 0.3) is 28.0 Å². The van der Waals surface area contributed by atoms with E-state index in [4.69, 9.17) is 5.10 Å². The Balaban J connectivity index is 1.64. The van der Waals surface area contributed by atoms with E-state index in [1.165, 1.54) is 10.1 Å². The number of pyridine rings is 1. The molecule has 0 atom stereocenters. The zero-order valence-corrected chi connectivity index (χ0v) is 21.5. The van der Waals surface area contributed by atoms with Crippen LogP contribution in [0, 0.1) is 13.8 Å². The number of benzene rings is 3.